The van der Waals surface area contributed by atoms with Gasteiger partial charge >= 0.3 is 0 Å². The maximum atomic E-state index is 6.05. The zero-order chi connectivity index (χ0) is 14.2. The van der Waals surface area contributed by atoms with Crippen molar-refractivity contribution in [2.75, 3.05) is 5.73 Å². The van der Waals surface area contributed by atoms with Crippen molar-refractivity contribution in [3.05, 3.63) is 16.7 Å². The summed E-state index contributed by atoms with van der Waals surface area (Å²) in [5.41, 5.74) is 7.76. The van der Waals surface area contributed by atoms with Crippen molar-refractivity contribution < 1.29 is 0 Å². The highest BCUT2D eigenvalue weighted by molar-refractivity contribution is 9.10. The van der Waals surface area contributed by atoms with Crippen molar-refractivity contribution in [3.8, 4) is 0 Å². The first kappa shape index (κ1) is 14.3. The number of anilines is 1. The Kier molecular flexibility index (Phi) is 4.13. The molecule has 0 bridgehead atoms. The Morgan fingerprint density at radius 2 is 1.89 bits per heavy atom. The summed E-state index contributed by atoms with van der Waals surface area (Å²) in [5.74, 6) is 2.32. The van der Waals surface area contributed by atoms with Gasteiger partial charge in [-0.05, 0) is 39.8 Å². The fourth-order valence-corrected chi connectivity index (χ4v) is 2.91. The van der Waals surface area contributed by atoms with Crippen molar-refractivity contribution in [1.82, 2.24) is 14.5 Å². The highest BCUT2D eigenvalue weighted by Gasteiger charge is 2.21. The van der Waals surface area contributed by atoms with E-state index in [1.807, 2.05) is 10.6 Å². The molecule has 0 amide bonds. The first-order chi connectivity index (χ1) is 8.90. The predicted octanol–water partition coefficient (Wildman–Crippen LogP) is 3.70. The van der Waals surface area contributed by atoms with Crippen LogP contribution in [0.3, 0.4) is 0 Å². The van der Waals surface area contributed by atoms with Crippen LogP contribution in [-0.2, 0) is 6.54 Å². The molecule has 0 saturated heterocycles. The summed E-state index contributed by atoms with van der Waals surface area (Å²) in [6.45, 7) is 9.88. The highest BCUT2D eigenvalue weighted by Crippen LogP contribution is 2.26. The summed E-state index contributed by atoms with van der Waals surface area (Å²) in [5, 5.41) is 0. The molecule has 19 heavy (non-hydrogen) atoms. The van der Waals surface area contributed by atoms with Crippen molar-refractivity contribution >= 4 is 33.0 Å². The minimum Gasteiger partial charge on any atom is -0.369 e. The van der Waals surface area contributed by atoms with Crippen LogP contribution >= 0.6 is 15.9 Å². The van der Waals surface area contributed by atoms with E-state index in [1.165, 1.54) is 0 Å². The van der Waals surface area contributed by atoms with Crippen molar-refractivity contribution in [2.45, 2.75) is 34.2 Å². The molecule has 0 unspecified atom stereocenters. The zero-order valence-corrected chi connectivity index (χ0v) is 13.5. The van der Waals surface area contributed by atoms with Gasteiger partial charge in [0.15, 0.2) is 5.65 Å². The van der Waals surface area contributed by atoms with Gasteiger partial charge in [-0.3, -0.25) is 4.57 Å². The van der Waals surface area contributed by atoms with Crippen LogP contribution in [0.5, 0.6) is 0 Å². The number of fused-ring (bicyclic) bond motifs is 1. The van der Waals surface area contributed by atoms with E-state index in [4.69, 9.17) is 5.73 Å². The molecule has 0 saturated carbocycles. The molecule has 2 aromatic heterocycles. The molecule has 2 heterocycles. The Morgan fingerprint density at radius 3 is 2.47 bits per heavy atom. The van der Waals surface area contributed by atoms with E-state index < -0.39 is 0 Å². The largest absolute Gasteiger partial charge is 0.369 e. The Bertz CT molecular complexity index is 566. The van der Waals surface area contributed by atoms with E-state index in [2.05, 4.69) is 53.6 Å². The van der Waals surface area contributed by atoms with Gasteiger partial charge in [0, 0.05) is 17.2 Å². The molecule has 0 spiro atoms. The Hall–Kier alpha value is -1.10. The summed E-state index contributed by atoms with van der Waals surface area (Å²) < 4.78 is 2.96. The van der Waals surface area contributed by atoms with E-state index >= 15 is 0 Å². The van der Waals surface area contributed by atoms with Crippen LogP contribution in [0.1, 0.15) is 27.7 Å². The molecule has 0 aromatic carbocycles. The Morgan fingerprint density at radius 1 is 1.26 bits per heavy atom. The Balaban J connectivity index is 2.42. The lowest BCUT2D eigenvalue weighted by molar-refractivity contribution is 0.255. The molecule has 0 aliphatic rings. The van der Waals surface area contributed by atoms with Gasteiger partial charge in [0.25, 0.3) is 0 Å². The molecule has 0 radical (unpaired) electrons. The van der Waals surface area contributed by atoms with E-state index in [1.54, 1.807) is 6.20 Å². The minimum atomic E-state index is 0.548. The van der Waals surface area contributed by atoms with Gasteiger partial charge in [0.05, 0.1) is 0 Å². The Labute approximate surface area is 122 Å². The lowest BCUT2D eigenvalue weighted by Gasteiger charge is -2.25. The molecule has 5 heteroatoms. The van der Waals surface area contributed by atoms with Gasteiger partial charge in [0.2, 0.25) is 5.95 Å². The van der Waals surface area contributed by atoms with Crippen LogP contribution in [0.2, 0.25) is 0 Å². The highest BCUT2D eigenvalue weighted by atomic mass is 79.9. The average Bonchev–Trinajstić information content (AvgIpc) is 2.60. The van der Waals surface area contributed by atoms with Crippen LogP contribution in [-0.4, -0.2) is 14.5 Å². The van der Waals surface area contributed by atoms with E-state index in [-0.39, 0.29) is 0 Å². The number of aromatic nitrogens is 3. The number of nitrogens with two attached hydrogens (primary N) is 1. The predicted molar refractivity (Wildman–Crippen MR) is 82.8 cm³/mol. The molecule has 2 rings (SSSR count). The van der Waals surface area contributed by atoms with Crippen molar-refractivity contribution in [2.24, 2.45) is 17.8 Å². The second kappa shape index (κ2) is 5.49. The lowest BCUT2D eigenvalue weighted by atomic mass is 9.85. The molecule has 0 fully saturated rings. The smallest absolute Gasteiger partial charge is 0.202 e. The monoisotopic (exact) mass is 324 g/mol. The van der Waals surface area contributed by atoms with Crippen LogP contribution in [0.15, 0.2) is 16.7 Å². The number of rotatable bonds is 4. The maximum absolute atomic E-state index is 6.05. The summed E-state index contributed by atoms with van der Waals surface area (Å²) in [6.07, 6.45) is 1.79. The van der Waals surface area contributed by atoms with Gasteiger partial charge < -0.3 is 5.73 Å². The van der Waals surface area contributed by atoms with Gasteiger partial charge in [-0.1, -0.05) is 27.7 Å². The third-order valence-corrected chi connectivity index (χ3v) is 4.12. The van der Waals surface area contributed by atoms with Crippen molar-refractivity contribution in [3.63, 3.8) is 0 Å². The molecule has 104 valence electrons. The number of pyridine rings is 1. The number of hydrogen-bond acceptors (Lipinski definition) is 3. The molecule has 2 aromatic rings. The molecule has 0 atom stereocenters. The second-order valence-corrected chi connectivity index (χ2v) is 6.64. The van der Waals surface area contributed by atoms with Crippen LogP contribution in [0, 0.1) is 17.8 Å². The molecule has 0 aliphatic heterocycles. The van der Waals surface area contributed by atoms with Gasteiger partial charge in [-0.25, -0.2) is 9.97 Å². The molecule has 4 nitrogen and oxygen atoms in total. The molecular weight excluding hydrogens is 304 g/mol. The number of hydrogen-bond donors (Lipinski definition) is 1. The molecule has 2 N–H and O–H groups in total. The average molecular weight is 325 g/mol. The lowest BCUT2D eigenvalue weighted by Crippen LogP contribution is -2.22. The van der Waals surface area contributed by atoms with Crippen LogP contribution < -0.4 is 5.73 Å². The topological polar surface area (TPSA) is 56.7 Å². The minimum absolute atomic E-state index is 0.548. The number of imidazole rings is 1. The fraction of sp³-hybridized carbons (Fsp3) is 0.571. The third-order valence-electron chi connectivity index (χ3n) is 3.69. The first-order valence-electron chi connectivity index (χ1n) is 6.67. The van der Waals surface area contributed by atoms with Gasteiger partial charge in [-0.15, -0.1) is 0 Å². The fourth-order valence-electron chi connectivity index (χ4n) is 2.59. The molecule has 0 aliphatic carbocycles. The first-order valence-corrected chi connectivity index (χ1v) is 7.46. The number of halogens is 1. The van der Waals surface area contributed by atoms with Crippen molar-refractivity contribution in [1.29, 1.82) is 0 Å². The zero-order valence-electron chi connectivity index (χ0n) is 11.9. The van der Waals surface area contributed by atoms with Crippen LogP contribution in [0.25, 0.3) is 11.2 Å². The van der Waals surface area contributed by atoms with Gasteiger partial charge in [-0.2, -0.15) is 0 Å². The third kappa shape index (κ3) is 2.91. The summed E-state index contributed by atoms with van der Waals surface area (Å²) >= 11 is 3.41. The molecular formula is C14H21BrN4. The number of nitrogen functional groups attached to an aromatic ring is 1. The van der Waals surface area contributed by atoms with E-state index in [9.17, 15) is 0 Å². The van der Waals surface area contributed by atoms with Crippen LogP contribution in [0.4, 0.5) is 5.95 Å². The normalized spacial score (nSPS) is 12.2. The quantitative estimate of drug-likeness (QED) is 0.932. The maximum Gasteiger partial charge on any atom is 0.202 e. The van der Waals surface area contributed by atoms with E-state index in [0.717, 1.165) is 22.2 Å². The standard InChI is InChI=1S/C14H21BrN4/c1-8(2)11(9(3)4)7-19-13-12(18-14(19)16)5-10(15)6-17-13/h5-6,8-9,11H,7H2,1-4H3,(H2,16,18). The summed E-state index contributed by atoms with van der Waals surface area (Å²) in [4.78, 5) is 8.84. The number of nitrogens with zero attached hydrogens (tertiary/aromatic N) is 3. The van der Waals surface area contributed by atoms with E-state index in [0.29, 0.717) is 23.7 Å². The summed E-state index contributed by atoms with van der Waals surface area (Å²) in [7, 11) is 0. The van der Waals surface area contributed by atoms with Gasteiger partial charge in [0.1, 0.15) is 5.52 Å². The second-order valence-electron chi connectivity index (χ2n) is 5.73. The SMILES string of the molecule is CC(C)C(Cn1c(N)nc2cc(Br)cnc21)C(C)C. The summed E-state index contributed by atoms with van der Waals surface area (Å²) in [6, 6.07) is 1.95.